The zero-order valence-corrected chi connectivity index (χ0v) is 14.6. The molecule has 128 valence electrons. The number of guanidine groups is 1. The average molecular weight is 339 g/mol. The Bertz CT molecular complexity index is 484. The number of nitrogens with zero attached hydrogens (tertiary/aromatic N) is 3. The van der Waals surface area contributed by atoms with E-state index in [0.29, 0.717) is 5.96 Å². The molecule has 0 aromatic heterocycles. The largest absolute Gasteiger partial charge is 0.382 e. The van der Waals surface area contributed by atoms with Crippen LogP contribution in [0.2, 0.25) is 5.02 Å². The van der Waals surface area contributed by atoms with Gasteiger partial charge >= 0.3 is 0 Å². The number of anilines is 1. The minimum absolute atomic E-state index is 0.664. The molecule has 0 aliphatic carbocycles. The fourth-order valence-corrected chi connectivity index (χ4v) is 2.73. The number of piperazine rings is 1. The number of rotatable bonds is 7. The van der Waals surface area contributed by atoms with Crippen LogP contribution in [-0.4, -0.2) is 56.8 Å². The van der Waals surface area contributed by atoms with Crippen molar-refractivity contribution < 1.29 is 4.74 Å². The van der Waals surface area contributed by atoms with E-state index in [4.69, 9.17) is 22.1 Å². The summed E-state index contributed by atoms with van der Waals surface area (Å²) in [6.07, 6.45) is 2.06. The van der Waals surface area contributed by atoms with Crippen LogP contribution < -0.4 is 10.6 Å². The molecular formula is C17H27ClN4O. The van der Waals surface area contributed by atoms with Crippen LogP contribution >= 0.6 is 11.6 Å². The molecule has 1 saturated heterocycles. The fourth-order valence-electron chi connectivity index (χ4n) is 2.60. The summed E-state index contributed by atoms with van der Waals surface area (Å²) in [7, 11) is 0. The fraction of sp³-hybridized carbons (Fsp3) is 0.588. The first-order valence-electron chi connectivity index (χ1n) is 8.34. The van der Waals surface area contributed by atoms with Gasteiger partial charge in [0.1, 0.15) is 0 Å². The molecule has 0 amide bonds. The molecule has 0 radical (unpaired) electrons. The van der Waals surface area contributed by atoms with Crippen molar-refractivity contribution in [2.75, 3.05) is 50.8 Å². The lowest BCUT2D eigenvalue weighted by Gasteiger charge is -2.36. The molecule has 1 fully saturated rings. The highest BCUT2D eigenvalue weighted by Crippen LogP contribution is 2.19. The zero-order chi connectivity index (χ0) is 16.5. The molecule has 2 rings (SSSR count). The summed E-state index contributed by atoms with van der Waals surface area (Å²) in [4.78, 5) is 8.99. The van der Waals surface area contributed by atoms with Gasteiger partial charge in [-0.3, -0.25) is 4.99 Å². The van der Waals surface area contributed by atoms with Crippen molar-refractivity contribution in [2.45, 2.75) is 19.8 Å². The highest BCUT2D eigenvalue weighted by Gasteiger charge is 2.18. The molecule has 1 aliphatic rings. The van der Waals surface area contributed by atoms with E-state index in [-0.39, 0.29) is 0 Å². The van der Waals surface area contributed by atoms with Crippen molar-refractivity contribution in [1.82, 2.24) is 4.90 Å². The van der Waals surface area contributed by atoms with Gasteiger partial charge in [0.2, 0.25) is 0 Å². The monoisotopic (exact) mass is 338 g/mol. The van der Waals surface area contributed by atoms with Gasteiger partial charge in [-0.15, -0.1) is 0 Å². The predicted octanol–water partition coefficient (Wildman–Crippen LogP) is 2.59. The molecule has 0 spiro atoms. The Morgan fingerprint density at radius 1 is 1.17 bits per heavy atom. The van der Waals surface area contributed by atoms with E-state index >= 15 is 0 Å². The van der Waals surface area contributed by atoms with Crippen LogP contribution in [0.3, 0.4) is 0 Å². The van der Waals surface area contributed by atoms with Gasteiger partial charge in [-0.25, -0.2) is 0 Å². The van der Waals surface area contributed by atoms with Gasteiger partial charge in [0, 0.05) is 56.6 Å². The van der Waals surface area contributed by atoms with Crippen LogP contribution in [0.25, 0.3) is 0 Å². The van der Waals surface area contributed by atoms with Crippen molar-refractivity contribution in [3.05, 3.63) is 29.3 Å². The first-order valence-corrected chi connectivity index (χ1v) is 8.71. The highest BCUT2D eigenvalue weighted by atomic mass is 35.5. The molecule has 0 bridgehead atoms. The van der Waals surface area contributed by atoms with E-state index in [1.165, 1.54) is 5.69 Å². The average Bonchev–Trinajstić information content (AvgIpc) is 2.58. The van der Waals surface area contributed by atoms with Crippen molar-refractivity contribution in [2.24, 2.45) is 10.7 Å². The molecule has 2 N–H and O–H groups in total. The normalized spacial score (nSPS) is 16.0. The summed E-state index contributed by atoms with van der Waals surface area (Å²) in [5.41, 5.74) is 7.31. The summed E-state index contributed by atoms with van der Waals surface area (Å²) in [5.74, 6) is 0.664. The Morgan fingerprint density at radius 2 is 1.87 bits per heavy atom. The van der Waals surface area contributed by atoms with Gasteiger partial charge in [0.05, 0.1) is 0 Å². The zero-order valence-electron chi connectivity index (χ0n) is 13.9. The molecule has 6 heteroatoms. The van der Waals surface area contributed by atoms with Gasteiger partial charge < -0.3 is 20.3 Å². The minimum atomic E-state index is 0.664. The van der Waals surface area contributed by atoms with Crippen LogP contribution in [-0.2, 0) is 4.74 Å². The Balaban J connectivity index is 1.71. The second-order valence-corrected chi connectivity index (χ2v) is 6.03. The molecule has 1 heterocycles. The van der Waals surface area contributed by atoms with Crippen LogP contribution in [0.1, 0.15) is 19.8 Å². The Morgan fingerprint density at radius 3 is 2.52 bits per heavy atom. The summed E-state index contributed by atoms with van der Waals surface area (Å²) in [6.45, 7) is 8.07. The second kappa shape index (κ2) is 9.63. The van der Waals surface area contributed by atoms with Crippen LogP contribution in [0.4, 0.5) is 5.69 Å². The lowest BCUT2D eigenvalue weighted by Crippen LogP contribution is -2.51. The number of benzene rings is 1. The molecule has 5 nitrogen and oxygen atoms in total. The third kappa shape index (κ3) is 5.92. The van der Waals surface area contributed by atoms with E-state index in [0.717, 1.165) is 63.8 Å². The summed E-state index contributed by atoms with van der Waals surface area (Å²) in [6, 6.07) is 7.99. The lowest BCUT2D eigenvalue weighted by atomic mass is 10.2. The molecule has 0 atom stereocenters. The number of unbranched alkanes of at least 4 members (excludes halogenated alkanes) is 1. The molecule has 23 heavy (non-hydrogen) atoms. The van der Waals surface area contributed by atoms with Gasteiger partial charge in [0.15, 0.2) is 5.96 Å². The number of aliphatic imine (C=N–C) groups is 1. The van der Waals surface area contributed by atoms with E-state index in [1.807, 2.05) is 19.1 Å². The van der Waals surface area contributed by atoms with Crippen molar-refractivity contribution in [1.29, 1.82) is 0 Å². The molecule has 0 saturated carbocycles. The van der Waals surface area contributed by atoms with Gasteiger partial charge in [-0.2, -0.15) is 0 Å². The molecule has 1 aromatic rings. The summed E-state index contributed by atoms with van der Waals surface area (Å²) in [5, 5.41) is 0.771. The lowest BCUT2D eigenvalue weighted by molar-refractivity contribution is 0.144. The van der Waals surface area contributed by atoms with Crippen molar-refractivity contribution >= 4 is 23.2 Å². The van der Waals surface area contributed by atoms with Crippen molar-refractivity contribution in [3.63, 3.8) is 0 Å². The molecular weight excluding hydrogens is 312 g/mol. The van der Waals surface area contributed by atoms with Gasteiger partial charge in [-0.1, -0.05) is 11.6 Å². The Labute approximate surface area is 144 Å². The Kier molecular flexibility index (Phi) is 7.49. The maximum atomic E-state index is 6.10. The summed E-state index contributed by atoms with van der Waals surface area (Å²) >= 11 is 5.94. The van der Waals surface area contributed by atoms with Crippen molar-refractivity contribution in [3.8, 4) is 0 Å². The maximum Gasteiger partial charge on any atom is 0.191 e. The van der Waals surface area contributed by atoms with Crippen LogP contribution in [0.15, 0.2) is 29.3 Å². The Hall–Kier alpha value is -1.46. The molecule has 1 aliphatic heterocycles. The van der Waals surface area contributed by atoms with Crippen LogP contribution in [0, 0.1) is 0 Å². The second-order valence-electron chi connectivity index (χ2n) is 5.59. The number of nitrogens with two attached hydrogens (primary N) is 1. The first-order chi connectivity index (χ1) is 11.2. The van der Waals surface area contributed by atoms with E-state index in [1.54, 1.807) is 0 Å². The number of halogens is 1. The van der Waals surface area contributed by atoms with Crippen LogP contribution in [0.5, 0.6) is 0 Å². The SMILES string of the molecule is CCOCCCCN=C(N)N1CCN(c2ccc(Cl)cc2)CC1. The summed E-state index contributed by atoms with van der Waals surface area (Å²) < 4.78 is 5.31. The topological polar surface area (TPSA) is 54.1 Å². The van der Waals surface area contributed by atoms with E-state index in [9.17, 15) is 0 Å². The highest BCUT2D eigenvalue weighted by molar-refractivity contribution is 6.30. The first kappa shape index (κ1) is 17.9. The standard InChI is InChI=1S/C17H27ClN4O/c1-2-23-14-4-3-9-20-17(19)22-12-10-21(11-13-22)16-7-5-15(18)6-8-16/h5-8H,2-4,9-14H2,1H3,(H2,19,20). The van der Waals surface area contributed by atoms with E-state index < -0.39 is 0 Å². The predicted molar refractivity (Wildman–Crippen MR) is 97.5 cm³/mol. The van der Waals surface area contributed by atoms with E-state index in [2.05, 4.69) is 26.9 Å². The maximum absolute atomic E-state index is 6.10. The molecule has 0 unspecified atom stereocenters. The van der Waals surface area contributed by atoms with Gasteiger partial charge in [-0.05, 0) is 44.0 Å². The quantitative estimate of drug-likeness (QED) is 0.471. The smallest absolute Gasteiger partial charge is 0.191 e. The minimum Gasteiger partial charge on any atom is -0.382 e. The van der Waals surface area contributed by atoms with Gasteiger partial charge in [0.25, 0.3) is 0 Å². The molecule has 1 aromatic carbocycles. The third-order valence-corrected chi connectivity index (χ3v) is 4.22. The number of ether oxygens (including phenoxy) is 1. The number of hydrogen-bond donors (Lipinski definition) is 1. The third-order valence-electron chi connectivity index (χ3n) is 3.97. The number of hydrogen-bond acceptors (Lipinski definition) is 3.